The minimum atomic E-state index is -5.15. The van der Waals surface area contributed by atoms with Crippen LogP contribution in [0, 0.1) is 0 Å². The van der Waals surface area contributed by atoms with E-state index in [9.17, 15) is 62.3 Å². The molecule has 0 saturated carbocycles. The molecule has 59 heavy (non-hydrogen) atoms. The van der Waals surface area contributed by atoms with Crippen LogP contribution in [-0.4, -0.2) is 57.3 Å². The summed E-state index contributed by atoms with van der Waals surface area (Å²) in [5.74, 6) is -1.96. The molecule has 6 rings (SSSR count). The standard InChI is InChI=1S/C42H36F12N2O2S/c43-39(44,45)29-17-27(18-30(21-29)40(46,47)48)37(57)55-13-11-35(23-33(55)15-25-7-3-1-4-8-25)59-36-12-14-56(34(24-36)16-26-9-5-2-6-10-26)38(58)28-19-31(41(49,50)51)22-32(20-28)42(52,53)54/h1-10,17-22,33-36H,11-16,23-24H2/t33-,34?,35+,36?/m1/s1. The Labute approximate surface area is 335 Å². The number of alkyl halides is 12. The summed E-state index contributed by atoms with van der Waals surface area (Å²) >= 11 is 1.54. The molecule has 4 atom stereocenters. The van der Waals surface area contributed by atoms with Crippen molar-refractivity contribution in [2.24, 2.45) is 0 Å². The van der Waals surface area contributed by atoms with Gasteiger partial charge in [0, 0.05) is 46.8 Å². The van der Waals surface area contributed by atoms with Crippen LogP contribution in [0.3, 0.4) is 0 Å². The van der Waals surface area contributed by atoms with Crippen LogP contribution < -0.4 is 0 Å². The van der Waals surface area contributed by atoms with Crippen molar-refractivity contribution in [2.45, 2.75) is 85.8 Å². The van der Waals surface area contributed by atoms with Crippen LogP contribution in [0.5, 0.6) is 0 Å². The number of hydrogen-bond donors (Lipinski definition) is 0. The number of carbonyl (C=O) groups excluding carboxylic acids is 2. The van der Waals surface area contributed by atoms with E-state index in [4.69, 9.17) is 0 Å². The second-order valence-corrected chi connectivity index (χ2v) is 16.3. The lowest BCUT2D eigenvalue weighted by molar-refractivity contribution is -0.144. The van der Waals surface area contributed by atoms with E-state index in [1.807, 2.05) is 0 Å². The summed E-state index contributed by atoms with van der Waals surface area (Å²) in [5, 5.41) is -0.329. The Balaban J connectivity index is 1.24. The van der Waals surface area contributed by atoms with Gasteiger partial charge in [-0.25, -0.2) is 0 Å². The van der Waals surface area contributed by atoms with Gasteiger partial charge in [0.25, 0.3) is 11.8 Å². The Hall–Kier alpha value is -4.67. The SMILES string of the molecule is O=C(c1cc(C(F)(F)F)cc(C(F)(F)F)c1)N1CCC(S[C@H]2CCN(C(=O)c3cc(C(F)(F)F)cc(C(F)(F)F)c3)[C@H](Cc3ccccc3)C2)CC1Cc1ccccc1. The lowest BCUT2D eigenvalue weighted by atomic mass is 9.93. The van der Waals surface area contributed by atoms with Crippen molar-refractivity contribution in [1.82, 2.24) is 9.80 Å². The first-order valence-electron chi connectivity index (χ1n) is 18.5. The van der Waals surface area contributed by atoms with Crippen molar-refractivity contribution < 1.29 is 62.3 Å². The van der Waals surface area contributed by atoms with E-state index in [1.54, 1.807) is 72.4 Å². The number of hydrogen-bond acceptors (Lipinski definition) is 3. The van der Waals surface area contributed by atoms with Gasteiger partial charge in [0.1, 0.15) is 0 Å². The number of piperidine rings is 2. The number of amides is 2. The molecule has 0 aliphatic carbocycles. The monoisotopic (exact) mass is 860 g/mol. The van der Waals surface area contributed by atoms with E-state index in [1.165, 1.54) is 9.80 Å². The molecule has 316 valence electrons. The zero-order valence-electron chi connectivity index (χ0n) is 30.9. The molecule has 2 heterocycles. The second-order valence-electron chi connectivity index (χ2n) is 14.7. The molecule has 0 spiro atoms. The van der Waals surface area contributed by atoms with Crippen LogP contribution in [0.4, 0.5) is 52.7 Å². The quantitative estimate of drug-likeness (QED) is 0.166. The largest absolute Gasteiger partial charge is 0.416 e. The maximum Gasteiger partial charge on any atom is 0.416 e. The van der Waals surface area contributed by atoms with Gasteiger partial charge in [-0.05, 0) is 86.1 Å². The van der Waals surface area contributed by atoms with Crippen molar-refractivity contribution in [1.29, 1.82) is 0 Å². The third kappa shape index (κ3) is 10.9. The number of thioether (sulfide) groups is 1. The fourth-order valence-corrected chi connectivity index (χ4v) is 9.42. The minimum Gasteiger partial charge on any atom is -0.335 e. The average Bonchev–Trinajstić information content (AvgIpc) is 3.17. The molecule has 2 fully saturated rings. The van der Waals surface area contributed by atoms with Gasteiger partial charge in [-0.15, -0.1) is 0 Å². The highest BCUT2D eigenvalue weighted by Gasteiger charge is 2.42. The first-order valence-corrected chi connectivity index (χ1v) is 19.4. The molecule has 0 radical (unpaired) electrons. The number of carbonyl (C=O) groups is 2. The molecule has 2 unspecified atom stereocenters. The molecule has 2 aliphatic heterocycles. The molecule has 17 heteroatoms. The van der Waals surface area contributed by atoms with Gasteiger partial charge >= 0.3 is 24.7 Å². The van der Waals surface area contributed by atoms with Crippen LogP contribution in [-0.2, 0) is 37.5 Å². The molecular formula is C42H36F12N2O2S. The molecule has 4 aromatic carbocycles. The third-order valence-corrected chi connectivity index (χ3v) is 12.2. The fourth-order valence-electron chi connectivity index (χ4n) is 7.73. The summed E-state index contributed by atoms with van der Waals surface area (Å²) in [7, 11) is 0. The molecule has 4 aromatic rings. The van der Waals surface area contributed by atoms with Crippen LogP contribution in [0.1, 0.15) is 79.8 Å². The third-order valence-electron chi connectivity index (χ3n) is 10.5. The molecule has 2 amide bonds. The average molecular weight is 861 g/mol. The lowest BCUT2D eigenvalue weighted by Gasteiger charge is -2.43. The topological polar surface area (TPSA) is 40.6 Å². The summed E-state index contributed by atoms with van der Waals surface area (Å²) in [5.41, 5.74) is -6.37. The van der Waals surface area contributed by atoms with E-state index in [2.05, 4.69) is 0 Å². The predicted molar refractivity (Wildman–Crippen MR) is 196 cm³/mol. The smallest absolute Gasteiger partial charge is 0.335 e. The van der Waals surface area contributed by atoms with Gasteiger partial charge in [-0.2, -0.15) is 64.4 Å². The van der Waals surface area contributed by atoms with Gasteiger partial charge in [0.15, 0.2) is 0 Å². The Morgan fingerprint density at radius 1 is 0.492 bits per heavy atom. The Morgan fingerprint density at radius 2 is 0.797 bits per heavy atom. The van der Waals surface area contributed by atoms with Crippen LogP contribution in [0.15, 0.2) is 97.1 Å². The lowest BCUT2D eigenvalue weighted by Crippen LogP contribution is -2.50. The maximum absolute atomic E-state index is 13.9. The van der Waals surface area contributed by atoms with Crippen LogP contribution in [0.25, 0.3) is 0 Å². The highest BCUT2D eigenvalue weighted by Crippen LogP contribution is 2.41. The Bertz CT molecular complexity index is 1890. The summed E-state index contributed by atoms with van der Waals surface area (Å²) in [6, 6.07) is 18.0. The number of nitrogens with zero attached hydrogens (tertiary/aromatic N) is 2. The minimum absolute atomic E-state index is 0.00740. The van der Waals surface area contributed by atoms with E-state index in [0.717, 1.165) is 11.1 Å². The van der Waals surface area contributed by atoms with Crippen molar-refractivity contribution in [3.8, 4) is 0 Å². The Morgan fingerprint density at radius 3 is 1.08 bits per heavy atom. The molecule has 0 bridgehead atoms. The summed E-state index contributed by atoms with van der Waals surface area (Å²) < 4.78 is 164. The highest BCUT2D eigenvalue weighted by atomic mass is 32.2. The number of rotatable bonds is 8. The van der Waals surface area contributed by atoms with E-state index >= 15 is 0 Å². The number of benzene rings is 4. The highest BCUT2D eigenvalue weighted by molar-refractivity contribution is 8.00. The van der Waals surface area contributed by atoms with Gasteiger partial charge < -0.3 is 9.80 Å². The number of halogens is 12. The van der Waals surface area contributed by atoms with Gasteiger partial charge in [0.2, 0.25) is 0 Å². The van der Waals surface area contributed by atoms with Crippen molar-refractivity contribution in [3.63, 3.8) is 0 Å². The first kappa shape index (κ1) is 43.9. The number of likely N-dealkylation sites (tertiary alicyclic amines) is 2. The Kier molecular flexibility index (Phi) is 12.7. The van der Waals surface area contributed by atoms with E-state index in [0.29, 0.717) is 49.9 Å². The zero-order chi connectivity index (χ0) is 42.9. The van der Waals surface area contributed by atoms with Crippen LogP contribution >= 0.6 is 11.8 Å². The maximum atomic E-state index is 13.9. The summed E-state index contributed by atoms with van der Waals surface area (Å²) in [4.78, 5) is 30.3. The normalized spacial score (nSPS) is 20.7. The molecule has 0 N–H and O–H groups in total. The van der Waals surface area contributed by atoms with Gasteiger partial charge in [-0.3, -0.25) is 9.59 Å². The van der Waals surface area contributed by atoms with Crippen molar-refractivity contribution in [2.75, 3.05) is 13.1 Å². The van der Waals surface area contributed by atoms with Crippen molar-refractivity contribution >= 4 is 23.6 Å². The first-order chi connectivity index (χ1) is 27.6. The van der Waals surface area contributed by atoms with Crippen LogP contribution in [0.2, 0.25) is 0 Å². The molecule has 0 aromatic heterocycles. The summed E-state index contributed by atoms with van der Waals surface area (Å²) in [6.45, 7) is 0.0148. The van der Waals surface area contributed by atoms with Crippen molar-refractivity contribution in [3.05, 3.63) is 142 Å². The summed E-state index contributed by atoms with van der Waals surface area (Å²) in [6.07, 6.45) is -18.9. The van der Waals surface area contributed by atoms with E-state index in [-0.39, 0.29) is 48.6 Å². The van der Waals surface area contributed by atoms with Gasteiger partial charge in [-0.1, -0.05) is 60.7 Å². The molecule has 2 saturated heterocycles. The molecule has 4 nitrogen and oxygen atoms in total. The fraction of sp³-hybridized carbons (Fsp3) is 0.381. The van der Waals surface area contributed by atoms with E-state index < -0.39 is 82.0 Å². The molecular weight excluding hydrogens is 825 g/mol. The molecule has 2 aliphatic rings. The van der Waals surface area contributed by atoms with Gasteiger partial charge in [0.05, 0.1) is 22.3 Å². The zero-order valence-corrected chi connectivity index (χ0v) is 31.7. The predicted octanol–water partition coefficient (Wildman–Crippen LogP) is 11.6. The second kappa shape index (κ2) is 17.1.